The minimum absolute atomic E-state index is 0.0819. The Labute approximate surface area is 131 Å². The van der Waals surface area contributed by atoms with Crippen molar-refractivity contribution in [2.45, 2.75) is 52.2 Å². The molecule has 0 spiro atoms. The molecule has 0 aromatic carbocycles. The van der Waals surface area contributed by atoms with Crippen LogP contribution in [0, 0.1) is 20.8 Å². The van der Waals surface area contributed by atoms with Crippen LogP contribution in [0.2, 0.25) is 0 Å². The van der Waals surface area contributed by atoms with Crippen LogP contribution in [0.3, 0.4) is 0 Å². The predicted molar refractivity (Wildman–Crippen MR) is 84.0 cm³/mol. The van der Waals surface area contributed by atoms with E-state index >= 15 is 0 Å². The first-order valence-corrected chi connectivity index (χ1v) is 8.27. The van der Waals surface area contributed by atoms with E-state index in [1.807, 2.05) is 25.7 Å². The van der Waals surface area contributed by atoms with Crippen LogP contribution in [0.25, 0.3) is 0 Å². The monoisotopic (exact) mass is 306 g/mol. The SMILES string of the molecule is Cc1oc(C)c(C(=O)N2CCN(C3CCCC3O)CC2)c1C. The molecule has 1 saturated carbocycles. The number of nitrogens with zero attached hydrogens (tertiary/aromatic N) is 2. The molecule has 3 rings (SSSR count). The molecular weight excluding hydrogens is 280 g/mol. The molecule has 1 amide bonds. The second kappa shape index (κ2) is 6.05. The summed E-state index contributed by atoms with van der Waals surface area (Å²) in [4.78, 5) is 17.0. The summed E-state index contributed by atoms with van der Waals surface area (Å²) in [6.45, 7) is 8.86. The highest BCUT2D eigenvalue weighted by Crippen LogP contribution is 2.26. The summed E-state index contributed by atoms with van der Waals surface area (Å²) in [6.07, 6.45) is 2.91. The third-order valence-electron chi connectivity index (χ3n) is 5.29. The lowest BCUT2D eigenvalue weighted by molar-refractivity contribution is 0.0314. The highest BCUT2D eigenvalue weighted by molar-refractivity contribution is 5.97. The molecule has 1 aromatic rings. The first-order chi connectivity index (χ1) is 10.5. The van der Waals surface area contributed by atoms with Gasteiger partial charge in [-0.25, -0.2) is 0 Å². The van der Waals surface area contributed by atoms with E-state index in [-0.39, 0.29) is 18.1 Å². The normalized spacial score (nSPS) is 26.6. The van der Waals surface area contributed by atoms with E-state index < -0.39 is 0 Å². The molecule has 2 fully saturated rings. The number of aliphatic hydroxyl groups excluding tert-OH is 1. The van der Waals surface area contributed by atoms with Gasteiger partial charge in [-0.05, 0) is 40.0 Å². The number of rotatable bonds is 2. The fourth-order valence-corrected chi connectivity index (χ4v) is 3.87. The Hall–Kier alpha value is -1.33. The number of hydrogen-bond donors (Lipinski definition) is 1. The van der Waals surface area contributed by atoms with Gasteiger partial charge in [0.15, 0.2) is 0 Å². The summed E-state index contributed by atoms with van der Waals surface area (Å²) in [7, 11) is 0. The fourth-order valence-electron chi connectivity index (χ4n) is 3.87. The summed E-state index contributed by atoms with van der Waals surface area (Å²) in [6, 6.07) is 0.289. The quantitative estimate of drug-likeness (QED) is 0.906. The number of hydrogen-bond acceptors (Lipinski definition) is 4. The van der Waals surface area contributed by atoms with E-state index in [0.717, 1.165) is 62.3 Å². The summed E-state index contributed by atoms with van der Waals surface area (Å²) in [5.74, 6) is 1.63. The minimum Gasteiger partial charge on any atom is -0.466 e. The number of piperazine rings is 1. The van der Waals surface area contributed by atoms with Gasteiger partial charge in [0.2, 0.25) is 0 Å². The molecule has 1 aliphatic carbocycles. The first kappa shape index (κ1) is 15.6. The van der Waals surface area contributed by atoms with E-state index in [9.17, 15) is 9.90 Å². The van der Waals surface area contributed by atoms with E-state index in [1.165, 1.54) is 0 Å². The predicted octanol–water partition coefficient (Wildman–Crippen LogP) is 1.88. The molecule has 2 atom stereocenters. The van der Waals surface area contributed by atoms with Crippen molar-refractivity contribution >= 4 is 5.91 Å². The van der Waals surface area contributed by atoms with Crippen LogP contribution in [0.1, 0.15) is 46.7 Å². The lowest BCUT2D eigenvalue weighted by Crippen LogP contribution is -2.53. The topological polar surface area (TPSA) is 56.9 Å². The van der Waals surface area contributed by atoms with Gasteiger partial charge in [-0.1, -0.05) is 0 Å². The van der Waals surface area contributed by atoms with E-state index in [4.69, 9.17) is 4.42 Å². The van der Waals surface area contributed by atoms with Crippen molar-refractivity contribution in [3.63, 3.8) is 0 Å². The summed E-state index contributed by atoms with van der Waals surface area (Å²) in [5, 5.41) is 10.0. The molecule has 122 valence electrons. The van der Waals surface area contributed by atoms with E-state index in [2.05, 4.69) is 4.90 Å². The van der Waals surface area contributed by atoms with Gasteiger partial charge in [0.1, 0.15) is 11.5 Å². The first-order valence-electron chi connectivity index (χ1n) is 8.27. The molecule has 0 radical (unpaired) electrons. The zero-order valence-corrected chi connectivity index (χ0v) is 13.8. The summed E-state index contributed by atoms with van der Waals surface area (Å²) >= 11 is 0. The zero-order chi connectivity index (χ0) is 15.9. The average molecular weight is 306 g/mol. The molecule has 1 saturated heterocycles. The minimum atomic E-state index is -0.191. The van der Waals surface area contributed by atoms with E-state index in [0.29, 0.717) is 5.76 Å². The van der Waals surface area contributed by atoms with Crippen LogP contribution in [-0.2, 0) is 0 Å². The number of aryl methyl sites for hydroxylation is 2. The molecule has 5 heteroatoms. The van der Waals surface area contributed by atoms with Gasteiger partial charge in [0.25, 0.3) is 5.91 Å². The Balaban J connectivity index is 1.65. The van der Waals surface area contributed by atoms with Crippen molar-refractivity contribution in [1.29, 1.82) is 0 Å². The maximum Gasteiger partial charge on any atom is 0.257 e. The number of carbonyl (C=O) groups excluding carboxylic acids is 1. The summed E-state index contributed by atoms with van der Waals surface area (Å²) < 4.78 is 5.58. The van der Waals surface area contributed by atoms with Crippen molar-refractivity contribution in [3.8, 4) is 0 Å². The van der Waals surface area contributed by atoms with Crippen molar-refractivity contribution in [1.82, 2.24) is 9.80 Å². The number of furan rings is 1. The van der Waals surface area contributed by atoms with Crippen molar-refractivity contribution in [2.75, 3.05) is 26.2 Å². The summed E-state index contributed by atoms with van der Waals surface area (Å²) in [5.41, 5.74) is 1.68. The standard InChI is InChI=1S/C17H26N2O3/c1-11-12(2)22-13(3)16(11)17(21)19-9-7-18(8-10-19)14-5-4-6-15(14)20/h14-15,20H,4-10H2,1-3H3. The molecule has 0 bridgehead atoms. The second-order valence-electron chi connectivity index (χ2n) is 6.61. The number of aliphatic hydroxyl groups is 1. The van der Waals surface area contributed by atoms with Gasteiger partial charge in [-0.3, -0.25) is 9.69 Å². The molecule has 2 unspecified atom stereocenters. The highest BCUT2D eigenvalue weighted by Gasteiger charge is 2.34. The van der Waals surface area contributed by atoms with Crippen LogP contribution in [0.15, 0.2) is 4.42 Å². The van der Waals surface area contributed by atoms with Gasteiger partial charge in [0, 0.05) is 37.8 Å². The smallest absolute Gasteiger partial charge is 0.257 e. The van der Waals surface area contributed by atoms with Crippen molar-refractivity contribution in [2.24, 2.45) is 0 Å². The number of carbonyl (C=O) groups is 1. The maximum atomic E-state index is 12.7. The molecule has 5 nitrogen and oxygen atoms in total. The maximum absolute atomic E-state index is 12.7. The Bertz CT molecular complexity index is 558. The number of amides is 1. The zero-order valence-electron chi connectivity index (χ0n) is 13.8. The highest BCUT2D eigenvalue weighted by atomic mass is 16.3. The van der Waals surface area contributed by atoms with Crippen LogP contribution in [0.4, 0.5) is 0 Å². The molecular formula is C17H26N2O3. The lowest BCUT2D eigenvalue weighted by atomic mass is 10.1. The molecule has 2 heterocycles. The van der Waals surface area contributed by atoms with Crippen molar-refractivity contribution < 1.29 is 14.3 Å². The van der Waals surface area contributed by atoms with E-state index in [1.54, 1.807) is 0 Å². The van der Waals surface area contributed by atoms with Gasteiger partial charge in [-0.2, -0.15) is 0 Å². The van der Waals surface area contributed by atoms with Crippen LogP contribution in [-0.4, -0.2) is 59.1 Å². The van der Waals surface area contributed by atoms with Crippen LogP contribution >= 0.6 is 0 Å². The third-order valence-corrected chi connectivity index (χ3v) is 5.29. The largest absolute Gasteiger partial charge is 0.466 e. The molecule has 1 aromatic heterocycles. The second-order valence-corrected chi connectivity index (χ2v) is 6.61. The Morgan fingerprint density at radius 2 is 1.77 bits per heavy atom. The Morgan fingerprint density at radius 3 is 2.27 bits per heavy atom. The molecule has 22 heavy (non-hydrogen) atoms. The lowest BCUT2D eigenvalue weighted by Gasteiger charge is -2.39. The Morgan fingerprint density at radius 1 is 1.09 bits per heavy atom. The molecule has 1 N–H and O–H groups in total. The van der Waals surface area contributed by atoms with Gasteiger partial charge in [0.05, 0.1) is 11.7 Å². The average Bonchev–Trinajstić information content (AvgIpc) is 3.03. The fraction of sp³-hybridized carbons (Fsp3) is 0.706. The van der Waals surface area contributed by atoms with Gasteiger partial charge in [-0.15, -0.1) is 0 Å². The van der Waals surface area contributed by atoms with Crippen LogP contribution < -0.4 is 0 Å². The van der Waals surface area contributed by atoms with Crippen LogP contribution in [0.5, 0.6) is 0 Å². The Kier molecular flexibility index (Phi) is 4.28. The van der Waals surface area contributed by atoms with Gasteiger partial charge < -0.3 is 14.4 Å². The molecule has 1 aliphatic heterocycles. The van der Waals surface area contributed by atoms with Crippen molar-refractivity contribution in [3.05, 3.63) is 22.6 Å². The third kappa shape index (κ3) is 2.68. The van der Waals surface area contributed by atoms with Gasteiger partial charge >= 0.3 is 0 Å². The molecule has 2 aliphatic rings.